The Morgan fingerprint density at radius 1 is 0.500 bits per heavy atom. The molecule has 0 saturated carbocycles. The highest BCUT2D eigenvalue weighted by Gasteiger charge is 1.94. The van der Waals surface area contributed by atoms with Gasteiger partial charge in [-0.05, 0) is 6.42 Å². The molecule has 0 aliphatic rings. The minimum Gasteiger partial charge on any atom is -0.379 e. The van der Waals surface area contributed by atoms with Crippen molar-refractivity contribution in [2.45, 2.75) is 110 Å². The van der Waals surface area contributed by atoms with E-state index < -0.39 is 0 Å². The van der Waals surface area contributed by atoms with E-state index in [0.29, 0.717) is 0 Å². The summed E-state index contributed by atoms with van der Waals surface area (Å²) in [6.45, 7) is 3.12. The van der Waals surface area contributed by atoms with Gasteiger partial charge < -0.3 is 4.74 Å². The minimum atomic E-state index is 0.832. The fourth-order valence-corrected chi connectivity index (χ4v) is 2.75. The predicted octanol–water partition coefficient (Wildman–Crippen LogP) is 7.06. The van der Waals surface area contributed by atoms with Gasteiger partial charge in [-0.15, -0.1) is 0 Å². The molecule has 0 aromatic carbocycles. The number of hydrogen-bond donors (Lipinski definition) is 0. The Balaban J connectivity index is 2.89. The van der Waals surface area contributed by atoms with E-state index in [9.17, 15) is 0 Å². The molecule has 0 bridgehead atoms. The number of ether oxygens (including phenoxy) is 1. The van der Waals surface area contributed by atoms with Crippen LogP contribution in [0.4, 0.5) is 0 Å². The molecule has 0 atom stereocenters. The van der Waals surface area contributed by atoms with Crippen molar-refractivity contribution in [2.75, 3.05) is 6.61 Å². The van der Waals surface area contributed by atoms with Crippen LogP contribution in [0.3, 0.4) is 0 Å². The van der Waals surface area contributed by atoms with Gasteiger partial charge in [0.25, 0.3) is 0 Å². The van der Waals surface area contributed by atoms with Gasteiger partial charge in [0.1, 0.15) is 0 Å². The van der Waals surface area contributed by atoms with Crippen LogP contribution < -0.4 is 0 Å². The van der Waals surface area contributed by atoms with Gasteiger partial charge in [0.05, 0.1) is 7.11 Å². The van der Waals surface area contributed by atoms with Crippen LogP contribution in [0.25, 0.3) is 0 Å². The average Bonchev–Trinajstić information content (AvgIpc) is 2.47. The van der Waals surface area contributed by atoms with Crippen molar-refractivity contribution < 1.29 is 4.74 Å². The molecule has 0 aromatic rings. The summed E-state index contributed by atoms with van der Waals surface area (Å²) in [4.78, 5) is 0. The van der Waals surface area contributed by atoms with E-state index in [1.54, 1.807) is 0 Å². The lowest BCUT2D eigenvalue weighted by Crippen LogP contribution is -1.87. The van der Waals surface area contributed by atoms with Crippen LogP contribution in [0.2, 0.25) is 0 Å². The molecule has 20 heavy (non-hydrogen) atoms. The summed E-state index contributed by atoms with van der Waals surface area (Å²) in [6, 6.07) is 0. The van der Waals surface area contributed by atoms with Crippen LogP contribution in [-0.4, -0.2) is 6.61 Å². The zero-order valence-corrected chi connectivity index (χ0v) is 14.1. The van der Waals surface area contributed by atoms with E-state index in [2.05, 4.69) is 14.0 Å². The molecule has 0 saturated heterocycles. The second-order valence-corrected chi connectivity index (χ2v) is 6.21. The van der Waals surface area contributed by atoms with Gasteiger partial charge in [-0.1, -0.05) is 103 Å². The van der Waals surface area contributed by atoms with Crippen LogP contribution in [0.1, 0.15) is 110 Å². The first-order chi connectivity index (χ1) is 9.91. The van der Waals surface area contributed by atoms with Crippen LogP contribution in [0.5, 0.6) is 0 Å². The van der Waals surface area contributed by atoms with E-state index in [-0.39, 0.29) is 0 Å². The predicted molar refractivity (Wildman–Crippen MR) is 90.9 cm³/mol. The van der Waals surface area contributed by atoms with Crippen molar-refractivity contribution in [3.63, 3.8) is 0 Å². The largest absolute Gasteiger partial charge is 0.379 e. The van der Waals surface area contributed by atoms with Crippen molar-refractivity contribution in [1.29, 1.82) is 0 Å². The average molecular weight is 284 g/mol. The Morgan fingerprint density at radius 3 is 1.10 bits per heavy atom. The van der Waals surface area contributed by atoms with E-state index in [1.165, 1.54) is 103 Å². The first kappa shape index (κ1) is 20.0. The monoisotopic (exact) mass is 283 g/mol. The Labute approximate surface area is 128 Å². The minimum absolute atomic E-state index is 0.832. The molecule has 0 aliphatic carbocycles. The van der Waals surface area contributed by atoms with Crippen molar-refractivity contribution >= 4 is 0 Å². The molecule has 0 N–H and O–H groups in total. The van der Waals surface area contributed by atoms with Gasteiger partial charge in [0, 0.05) is 6.61 Å². The first-order valence-corrected chi connectivity index (χ1v) is 9.28. The molecular weight excluding hydrogens is 244 g/mol. The Kier molecular flexibility index (Phi) is 18.9. The lowest BCUT2D eigenvalue weighted by atomic mass is 10.0. The number of rotatable bonds is 17. The molecular formula is C19H39O. The summed E-state index contributed by atoms with van der Waals surface area (Å²) in [6.07, 6.45) is 22.7. The smallest absolute Gasteiger partial charge is 0.0700 e. The Hall–Kier alpha value is -0.0400. The van der Waals surface area contributed by atoms with Crippen LogP contribution in [0.15, 0.2) is 0 Å². The van der Waals surface area contributed by atoms with E-state index in [4.69, 9.17) is 4.74 Å². The van der Waals surface area contributed by atoms with Gasteiger partial charge in [-0.25, -0.2) is 0 Å². The van der Waals surface area contributed by atoms with E-state index in [1.807, 2.05) is 0 Å². The molecule has 0 fully saturated rings. The lowest BCUT2D eigenvalue weighted by Gasteiger charge is -2.03. The lowest BCUT2D eigenvalue weighted by molar-refractivity contribution is 0.233. The normalized spacial score (nSPS) is 11.1. The quantitative estimate of drug-likeness (QED) is 0.260. The maximum Gasteiger partial charge on any atom is 0.0700 e. The summed E-state index contributed by atoms with van der Waals surface area (Å²) in [5.41, 5.74) is 0. The topological polar surface area (TPSA) is 9.23 Å². The summed E-state index contributed by atoms with van der Waals surface area (Å²) >= 11 is 0. The highest BCUT2D eigenvalue weighted by Crippen LogP contribution is 2.13. The first-order valence-electron chi connectivity index (χ1n) is 9.28. The second kappa shape index (κ2) is 19.0. The van der Waals surface area contributed by atoms with Crippen molar-refractivity contribution in [3.8, 4) is 0 Å². The van der Waals surface area contributed by atoms with Gasteiger partial charge in [-0.3, -0.25) is 0 Å². The summed E-state index contributed by atoms with van der Waals surface area (Å²) < 4.78 is 4.81. The van der Waals surface area contributed by atoms with Crippen molar-refractivity contribution in [2.24, 2.45) is 0 Å². The summed E-state index contributed by atoms with van der Waals surface area (Å²) in [7, 11) is 3.39. The molecule has 121 valence electrons. The van der Waals surface area contributed by atoms with Gasteiger partial charge in [-0.2, -0.15) is 0 Å². The standard InChI is InChI=1S/C19H39O/c1-3-4-5-6-7-8-9-10-11-12-13-14-15-16-17-18-19-20-2/h2-19H2,1H3. The maximum absolute atomic E-state index is 4.81. The zero-order chi connectivity index (χ0) is 14.7. The molecule has 1 radical (unpaired) electrons. The van der Waals surface area contributed by atoms with Gasteiger partial charge in [0.2, 0.25) is 0 Å². The molecule has 0 spiro atoms. The third kappa shape index (κ3) is 18.0. The van der Waals surface area contributed by atoms with E-state index >= 15 is 0 Å². The zero-order valence-electron chi connectivity index (χ0n) is 14.1. The molecule has 0 aliphatic heterocycles. The Morgan fingerprint density at radius 2 is 0.800 bits per heavy atom. The SMILES string of the molecule is [CH2]OCCCCCCCCCCCCCCCCCC. The van der Waals surface area contributed by atoms with Crippen molar-refractivity contribution in [1.82, 2.24) is 0 Å². The molecule has 1 nitrogen and oxygen atoms in total. The molecule has 0 unspecified atom stereocenters. The van der Waals surface area contributed by atoms with Crippen LogP contribution >= 0.6 is 0 Å². The third-order valence-corrected chi connectivity index (χ3v) is 4.14. The second-order valence-electron chi connectivity index (χ2n) is 6.21. The molecule has 1 heteroatoms. The van der Waals surface area contributed by atoms with E-state index in [0.717, 1.165) is 6.61 Å². The van der Waals surface area contributed by atoms with Gasteiger partial charge >= 0.3 is 0 Å². The van der Waals surface area contributed by atoms with Crippen molar-refractivity contribution in [3.05, 3.63) is 7.11 Å². The van der Waals surface area contributed by atoms with Crippen LogP contribution in [-0.2, 0) is 4.74 Å². The highest BCUT2D eigenvalue weighted by molar-refractivity contribution is 4.49. The Bertz CT molecular complexity index is 138. The fraction of sp³-hybridized carbons (Fsp3) is 0.947. The maximum atomic E-state index is 4.81. The number of hydrogen-bond acceptors (Lipinski definition) is 1. The summed E-state index contributed by atoms with van der Waals surface area (Å²) in [5.74, 6) is 0. The number of unbranched alkanes of at least 4 members (excludes halogenated alkanes) is 15. The fourth-order valence-electron chi connectivity index (χ4n) is 2.75. The van der Waals surface area contributed by atoms with Crippen LogP contribution in [0, 0.1) is 7.11 Å². The molecule has 0 rings (SSSR count). The highest BCUT2D eigenvalue weighted by atomic mass is 16.5. The summed E-state index contributed by atoms with van der Waals surface area (Å²) in [5, 5.41) is 0. The third-order valence-electron chi connectivity index (χ3n) is 4.14. The molecule has 0 aromatic heterocycles. The van der Waals surface area contributed by atoms with Gasteiger partial charge in [0.15, 0.2) is 0 Å². The molecule has 0 amide bonds. The molecule has 0 heterocycles.